The molecule has 3 N–H and O–H groups in total. The van der Waals surface area contributed by atoms with Gasteiger partial charge >= 0.3 is 17.9 Å². The molecule has 0 aromatic carbocycles. The Morgan fingerprint density at radius 1 is 0.947 bits per heavy atom. The first-order valence-electron chi connectivity index (χ1n) is 4.65. The molecule has 3 radical (unpaired) electrons. The number of aliphatic carboxylic acids is 3. The van der Waals surface area contributed by atoms with Crippen LogP contribution in [0.1, 0.15) is 26.2 Å². The van der Waals surface area contributed by atoms with Gasteiger partial charge in [0.1, 0.15) is 0 Å². The summed E-state index contributed by atoms with van der Waals surface area (Å²) < 4.78 is 4.90. The van der Waals surface area contributed by atoms with E-state index < -0.39 is 36.4 Å². The molecule has 19 heavy (non-hydrogen) atoms. The van der Waals surface area contributed by atoms with E-state index in [0.29, 0.717) is 6.42 Å². The average Bonchev–Trinajstić information content (AvgIpc) is 2.11. The van der Waals surface area contributed by atoms with Crippen molar-refractivity contribution in [2.24, 2.45) is 0 Å². The molecule has 10 heteroatoms. The van der Waals surface area contributed by atoms with Gasteiger partial charge in [-0.3, -0.25) is 9.59 Å². The van der Waals surface area contributed by atoms with Crippen molar-refractivity contribution in [2.75, 3.05) is 6.61 Å². The molecule has 0 aliphatic heterocycles. The number of carboxylic acids is 3. The van der Waals surface area contributed by atoms with Crippen molar-refractivity contribution >= 4 is 107 Å². The third kappa shape index (κ3) is 11.7. The van der Waals surface area contributed by atoms with Crippen LogP contribution >= 0.6 is 0 Å². The third-order valence-corrected chi connectivity index (χ3v) is 1.85. The van der Waals surface area contributed by atoms with Crippen LogP contribution in [0.3, 0.4) is 0 Å². The zero-order valence-electron chi connectivity index (χ0n) is 11.8. The maximum absolute atomic E-state index is 10.9. The molecule has 0 fully saturated rings. The predicted molar refractivity (Wildman–Crippen MR) is 68.4 cm³/mol. The van der Waals surface area contributed by atoms with Gasteiger partial charge in [0.2, 0.25) is 0 Å². The van der Waals surface area contributed by atoms with Crippen molar-refractivity contribution in [3.8, 4) is 0 Å². The van der Waals surface area contributed by atoms with Gasteiger partial charge in [-0.15, -0.1) is 0 Å². The third-order valence-electron chi connectivity index (χ3n) is 1.85. The van der Waals surface area contributed by atoms with Crippen LogP contribution in [0.15, 0.2) is 0 Å². The van der Waals surface area contributed by atoms with E-state index in [1.54, 1.807) is 6.92 Å². The number of hydrogen-bond donors (Lipinski definition) is 3. The van der Waals surface area contributed by atoms with Gasteiger partial charge in [0.05, 0.1) is 12.8 Å². The minimum atomic E-state index is -2.19. The summed E-state index contributed by atoms with van der Waals surface area (Å²) in [5.41, 5.74) is -2.19. The fourth-order valence-corrected chi connectivity index (χ4v) is 1.16. The summed E-state index contributed by atoms with van der Waals surface area (Å²) in [6.45, 7) is 1.70. The van der Waals surface area contributed by atoms with Crippen molar-refractivity contribution in [1.82, 2.24) is 0 Å². The molecular formula is C9H14Na3O7. The molecule has 0 spiro atoms. The van der Waals surface area contributed by atoms with E-state index in [2.05, 4.69) is 0 Å². The van der Waals surface area contributed by atoms with Gasteiger partial charge in [-0.05, 0) is 6.42 Å². The van der Waals surface area contributed by atoms with Crippen LogP contribution in [0.4, 0.5) is 0 Å². The zero-order chi connectivity index (χ0) is 12.8. The van der Waals surface area contributed by atoms with Crippen LogP contribution in [-0.4, -0.2) is 134 Å². The Kier molecular flexibility index (Phi) is 21.5. The predicted octanol–water partition coefficient (Wildman–Crippen LogP) is -0.957. The first kappa shape index (κ1) is 28.5. The van der Waals surface area contributed by atoms with E-state index in [0.717, 1.165) is 0 Å². The molecule has 0 aliphatic rings. The molecule has 95 valence electrons. The van der Waals surface area contributed by atoms with Crippen LogP contribution in [0, 0.1) is 0 Å². The maximum atomic E-state index is 10.9. The van der Waals surface area contributed by atoms with Gasteiger partial charge in [-0.25, -0.2) is 4.79 Å². The van der Waals surface area contributed by atoms with Crippen LogP contribution in [0.25, 0.3) is 0 Å². The van der Waals surface area contributed by atoms with Crippen LogP contribution < -0.4 is 0 Å². The summed E-state index contributed by atoms with van der Waals surface area (Å²) >= 11 is 0. The first-order valence-corrected chi connectivity index (χ1v) is 4.65. The Balaban J connectivity index is -0.000000375. The second-order valence-electron chi connectivity index (χ2n) is 3.29. The van der Waals surface area contributed by atoms with Crippen molar-refractivity contribution in [3.05, 3.63) is 0 Å². The quantitative estimate of drug-likeness (QED) is 0.494. The summed E-state index contributed by atoms with van der Waals surface area (Å²) in [7, 11) is 0. The van der Waals surface area contributed by atoms with E-state index in [9.17, 15) is 14.4 Å². The molecule has 0 amide bonds. The van der Waals surface area contributed by atoms with Gasteiger partial charge in [0, 0.05) is 95.3 Å². The molecule has 0 atom stereocenters. The van der Waals surface area contributed by atoms with Crippen molar-refractivity contribution in [1.29, 1.82) is 0 Å². The van der Waals surface area contributed by atoms with E-state index in [1.807, 2.05) is 0 Å². The second kappa shape index (κ2) is 14.3. The Morgan fingerprint density at radius 2 is 1.32 bits per heavy atom. The minimum Gasteiger partial charge on any atom is -0.481 e. The Labute approximate surface area is 177 Å². The maximum Gasteiger partial charge on any atom is 0.337 e. The van der Waals surface area contributed by atoms with Crippen LogP contribution in [0.2, 0.25) is 0 Å². The molecule has 0 rings (SSSR count). The van der Waals surface area contributed by atoms with Crippen LogP contribution in [-0.2, 0) is 19.1 Å². The molecule has 0 saturated carbocycles. The number of ether oxygens (including phenoxy) is 1. The average molecular weight is 303 g/mol. The summed E-state index contributed by atoms with van der Waals surface area (Å²) in [4.78, 5) is 32.0. The van der Waals surface area contributed by atoms with Gasteiger partial charge < -0.3 is 20.1 Å². The molecular weight excluding hydrogens is 289 g/mol. The standard InChI is InChI=1S/C9H14O7.3Na/c1-2-3-16-9(8(14)15,4-6(10)11)5-7(12)13;;;/h2-5H2,1H3,(H,10,11)(H,12,13)(H,14,15);;;. The molecule has 0 heterocycles. The fraction of sp³-hybridized carbons (Fsp3) is 0.667. The fourth-order valence-electron chi connectivity index (χ4n) is 1.16. The van der Waals surface area contributed by atoms with Crippen molar-refractivity contribution in [3.63, 3.8) is 0 Å². The van der Waals surface area contributed by atoms with Gasteiger partial charge in [-0.2, -0.15) is 0 Å². The van der Waals surface area contributed by atoms with Gasteiger partial charge in [0.25, 0.3) is 0 Å². The number of carbonyl (C=O) groups is 3. The Hall–Kier alpha value is 1.37. The van der Waals surface area contributed by atoms with Gasteiger partial charge in [-0.1, -0.05) is 6.92 Å². The van der Waals surface area contributed by atoms with Crippen molar-refractivity contribution < 1.29 is 34.4 Å². The Bertz CT molecular complexity index is 280. The monoisotopic (exact) mass is 303 g/mol. The molecule has 0 saturated heterocycles. The Morgan fingerprint density at radius 3 is 1.53 bits per heavy atom. The minimum absolute atomic E-state index is 0. The molecule has 0 aliphatic carbocycles. The molecule has 7 nitrogen and oxygen atoms in total. The first-order chi connectivity index (χ1) is 7.34. The van der Waals surface area contributed by atoms with E-state index in [4.69, 9.17) is 20.1 Å². The number of rotatable bonds is 8. The van der Waals surface area contributed by atoms with Crippen molar-refractivity contribution in [2.45, 2.75) is 31.8 Å². The summed E-state index contributed by atoms with van der Waals surface area (Å²) in [6, 6.07) is 0. The summed E-state index contributed by atoms with van der Waals surface area (Å²) in [6.07, 6.45) is -1.29. The van der Waals surface area contributed by atoms with Gasteiger partial charge in [0.15, 0.2) is 5.60 Å². The van der Waals surface area contributed by atoms with E-state index in [-0.39, 0.29) is 95.3 Å². The number of carboxylic acid groups (broad SMARTS) is 3. The van der Waals surface area contributed by atoms with E-state index in [1.165, 1.54) is 0 Å². The summed E-state index contributed by atoms with van der Waals surface area (Å²) in [5.74, 6) is -4.41. The topological polar surface area (TPSA) is 121 Å². The molecule has 0 aromatic heterocycles. The normalized spacial score (nSPS) is 9.32. The van der Waals surface area contributed by atoms with Crippen LogP contribution in [0.5, 0.6) is 0 Å². The summed E-state index contributed by atoms with van der Waals surface area (Å²) in [5, 5.41) is 26.0. The molecule has 0 bridgehead atoms. The van der Waals surface area contributed by atoms with E-state index >= 15 is 0 Å². The SMILES string of the molecule is CCCOC(CC(=O)O)(CC(=O)O)C(=O)O.[Na].[Na].[Na]. The molecule has 0 aromatic rings. The molecule has 0 unspecified atom stereocenters. The second-order valence-corrected chi connectivity index (χ2v) is 3.29. The zero-order valence-corrected chi connectivity index (χ0v) is 17.8. The smallest absolute Gasteiger partial charge is 0.337 e. The largest absolute Gasteiger partial charge is 0.481 e. The number of hydrogen-bond acceptors (Lipinski definition) is 4.